The van der Waals surface area contributed by atoms with E-state index < -0.39 is 5.97 Å². The van der Waals surface area contributed by atoms with Crippen LogP contribution in [0, 0.1) is 0 Å². The third-order valence-corrected chi connectivity index (χ3v) is 4.99. The lowest BCUT2D eigenvalue weighted by atomic mass is 10.1. The lowest BCUT2D eigenvalue weighted by Gasteiger charge is -2.13. The molecule has 0 heterocycles. The number of nitrogens with two attached hydrogens (primary N) is 1. The van der Waals surface area contributed by atoms with E-state index in [1.54, 1.807) is 49.4 Å². The Morgan fingerprint density at radius 3 is 2.41 bits per heavy atom. The number of anilines is 2. The molecular formula is C27H30N2O5. The number of nitrogens with one attached hydrogen (secondary N) is 1. The van der Waals surface area contributed by atoms with Crippen molar-refractivity contribution in [3.63, 3.8) is 0 Å². The van der Waals surface area contributed by atoms with Crippen LogP contribution in [-0.4, -0.2) is 31.7 Å². The predicted molar refractivity (Wildman–Crippen MR) is 132 cm³/mol. The van der Waals surface area contributed by atoms with E-state index in [9.17, 15) is 9.59 Å². The molecule has 0 bridgehead atoms. The van der Waals surface area contributed by atoms with E-state index in [0.29, 0.717) is 35.0 Å². The van der Waals surface area contributed by atoms with Crippen LogP contribution in [0.2, 0.25) is 0 Å². The molecule has 3 aromatic carbocycles. The third kappa shape index (κ3) is 7.85. The highest BCUT2D eigenvalue weighted by Crippen LogP contribution is 2.28. The molecule has 34 heavy (non-hydrogen) atoms. The molecule has 7 nitrogen and oxygen atoms in total. The van der Waals surface area contributed by atoms with Crippen LogP contribution >= 0.6 is 0 Å². The van der Waals surface area contributed by atoms with E-state index in [0.717, 1.165) is 19.3 Å². The zero-order valence-corrected chi connectivity index (χ0v) is 19.3. The standard InChI is InChI=1S/C27H30N2O5/c1-2-32-26(30)19-34-25-16-13-22(28)18-24(25)29-27(31)21-11-14-23(15-12-21)33-17-7-6-10-20-8-4-3-5-9-20/h3-5,8-9,11-16,18H,2,6-7,10,17,19,28H2,1H3,(H,29,31). The largest absolute Gasteiger partial charge is 0.494 e. The lowest BCUT2D eigenvalue weighted by molar-refractivity contribution is -0.145. The van der Waals surface area contributed by atoms with Crippen molar-refractivity contribution in [1.82, 2.24) is 0 Å². The third-order valence-electron chi connectivity index (χ3n) is 4.99. The monoisotopic (exact) mass is 462 g/mol. The van der Waals surface area contributed by atoms with Crippen molar-refractivity contribution in [2.24, 2.45) is 0 Å². The van der Waals surface area contributed by atoms with Crippen LogP contribution in [0.4, 0.5) is 11.4 Å². The molecule has 0 radical (unpaired) electrons. The number of benzene rings is 3. The van der Waals surface area contributed by atoms with Gasteiger partial charge >= 0.3 is 5.97 Å². The molecule has 7 heteroatoms. The molecule has 3 N–H and O–H groups in total. The molecule has 0 atom stereocenters. The number of rotatable bonds is 12. The van der Waals surface area contributed by atoms with E-state index in [-0.39, 0.29) is 19.1 Å². The minimum Gasteiger partial charge on any atom is -0.494 e. The van der Waals surface area contributed by atoms with Crippen LogP contribution < -0.4 is 20.5 Å². The second-order valence-electron chi connectivity index (χ2n) is 7.62. The number of carbonyl (C=O) groups excluding carboxylic acids is 2. The molecule has 178 valence electrons. The number of nitrogen functional groups attached to an aromatic ring is 1. The van der Waals surface area contributed by atoms with E-state index in [1.807, 2.05) is 18.2 Å². The number of hydrogen-bond donors (Lipinski definition) is 2. The Hall–Kier alpha value is -4.00. The number of amides is 1. The summed E-state index contributed by atoms with van der Waals surface area (Å²) in [5.41, 5.74) is 8.45. The molecule has 1 amide bonds. The van der Waals surface area contributed by atoms with Gasteiger partial charge in [0, 0.05) is 11.3 Å². The van der Waals surface area contributed by atoms with Gasteiger partial charge in [-0.25, -0.2) is 4.79 Å². The number of esters is 1. The molecule has 0 unspecified atom stereocenters. The minimum absolute atomic E-state index is 0.265. The Morgan fingerprint density at radius 1 is 0.912 bits per heavy atom. The maximum atomic E-state index is 12.7. The smallest absolute Gasteiger partial charge is 0.344 e. The molecule has 0 aromatic heterocycles. The van der Waals surface area contributed by atoms with Crippen LogP contribution in [0.25, 0.3) is 0 Å². The molecule has 3 aromatic rings. The maximum Gasteiger partial charge on any atom is 0.344 e. The summed E-state index contributed by atoms with van der Waals surface area (Å²) in [6, 6.07) is 22.1. The summed E-state index contributed by atoms with van der Waals surface area (Å²) in [5, 5.41) is 2.78. The number of aryl methyl sites for hydroxylation is 1. The van der Waals surface area contributed by atoms with Crippen LogP contribution in [0.1, 0.15) is 35.7 Å². The normalized spacial score (nSPS) is 10.4. The molecule has 0 spiro atoms. The first-order valence-electron chi connectivity index (χ1n) is 11.3. The summed E-state index contributed by atoms with van der Waals surface area (Å²) in [5.74, 6) is 0.206. The fourth-order valence-electron chi connectivity index (χ4n) is 3.27. The molecule has 0 saturated carbocycles. The number of ether oxygens (including phenoxy) is 3. The number of hydrogen-bond acceptors (Lipinski definition) is 6. The quantitative estimate of drug-likeness (QED) is 0.226. The molecule has 3 rings (SSSR count). The first kappa shape index (κ1) is 24.6. The first-order chi connectivity index (χ1) is 16.5. The Bertz CT molecular complexity index is 1070. The topological polar surface area (TPSA) is 99.9 Å². The SMILES string of the molecule is CCOC(=O)COc1ccc(N)cc1NC(=O)c1ccc(OCCCCc2ccccc2)cc1. The van der Waals surface area contributed by atoms with Gasteiger partial charge in [0.15, 0.2) is 6.61 Å². The maximum absolute atomic E-state index is 12.7. The van der Waals surface area contributed by atoms with Gasteiger partial charge in [-0.05, 0) is 74.2 Å². The molecule has 0 aliphatic heterocycles. The average Bonchev–Trinajstić information content (AvgIpc) is 2.84. The van der Waals surface area contributed by atoms with Gasteiger partial charge in [0.25, 0.3) is 5.91 Å². The summed E-state index contributed by atoms with van der Waals surface area (Å²) in [6.07, 6.45) is 3.02. The highest BCUT2D eigenvalue weighted by Gasteiger charge is 2.13. The Kier molecular flexibility index (Phi) is 9.34. The van der Waals surface area contributed by atoms with Gasteiger partial charge in [0.05, 0.1) is 18.9 Å². The molecule has 0 aliphatic carbocycles. The summed E-state index contributed by atoms with van der Waals surface area (Å²) in [4.78, 5) is 24.3. The van der Waals surface area contributed by atoms with Crippen LogP contribution in [0.5, 0.6) is 11.5 Å². The van der Waals surface area contributed by atoms with E-state index in [2.05, 4.69) is 17.4 Å². The van der Waals surface area contributed by atoms with Crippen LogP contribution in [0.15, 0.2) is 72.8 Å². The predicted octanol–water partition coefficient (Wildman–Crippen LogP) is 4.86. The van der Waals surface area contributed by atoms with Crippen molar-refractivity contribution in [3.05, 3.63) is 83.9 Å². The van der Waals surface area contributed by atoms with E-state index in [1.165, 1.54) is 5.56 Å². The fraction of sp³-hybridized carbons (Fsp3) is 0.259. The second kappa shape index (κ2) is 12.9. The first-order valence-corrected chi connectivity index (χ1v) is 11.3. The van der Waals surface area contributed by atoms with Crippen LogP contribution in [-0.2, 0) is 16.0 Å². The van der Waals surface area contributed by atoms with Crippen molar-refractivity contribution < 1.29 is 23.8 Å². The van der Waals surface area contributed by atoms with Gasteiger partial charge in [-0.15, -0.1) is 0 Å². The van der Waals surface area contributed by atoms with Gasteiger partial charge in [0.2, 0.25) is 0 Å². The van der Waals surface area contributed by atoms with Gasteiger partial charge in [-0.2, -0.15) is 0 Å². The number of carbonyl (C=O) groups is 2. The zero-order valence-electron chi connectivity index (χ0n) is 19.3. The Balaban J connectivity index is 1.49. The number of unbranched alkanes of at least 4 members (excludes halogenated alkanes) is 1. The van der Waals surface area contributed by atoms with E-state index >= 15 is 0 Å². The van der Waals surface area contributed by atoms with Gasteiger partial charge in [-0.1, -0.05) is 30.3 Å². The summed E-state index contributed by atoms with van der Waals surface area (Å²) in [7, 11) is 0. The second-order valence-corrected chi connectivity index (χ2v) is 7.62. The van der Waals surface area contributed by atoms with Gasteiger partial charge in [-0.3, -0.25) is 4.79 Å². The van der Waals surface area contributed by atoms with Crippen molar-refractivity contribution in [1.29, 1.82) is 0 Å². The van der Waals surface area contributed by atoms with Crippen LogP contribution in [0.3, 0.4) is 0 Å². The fourth-order valence-corrected chi connectivity index (χ4v) is 3.27. The van der Waals surface area contributed by atoms with Crippen molar-refractivity contribution in [2.45, 2.75) is 26.2 Å². The van der Waals surface area contributed by atoms with Gasteiger partial charge < -0.3 is 25.3 Å². The summed E-state index contributed by atoms with van der Waals surface area (Å²) in [6.45, 7) is 2.33. The summed E-state index contributed by atoms with van der Waals surface area (Å²) >= 11 is 0. The summed E-state index contributed by atoms with van der Waals surface area (Å²) < 4.78 is 16.1. The van der Waals surface area contributed by atoms with Crippen molar-refractivity contribution >= 4 is 23.3 Å². The van der Waals surface area contributed by atoms with Crippen molar-refractivity contribution in [3.8, 4) is 11.5 Å². The molecule has 0 fully saturated rings. The Morgan fingerprint density at radius 2 is 1.68 bits per heavy atom. The van der Waals surface area contributed by atoms with Crippen molar-refractivity contribution in [2.75, 3.05) is 30.9 Å². The van der Waals surface area contributed by atoms with E-state index in [4.69, 9.17) is 19.9 Å². The molecular weight excluding hydrogens is 432 g/mol. The average molecular weight is 463 g/mol. The minimum atomic E-state index is -0.493. The lowest BCUT2D eigenvalue weighted by Crippen LogP contribution is -2.17. The molecule has 0 aliphatic rings. The highest BCUT2D eigenvalue weighted by molar-refractivity contribution is 6.05. The Labute approximate surface area is 199 Å². The zero-order chi connectivity index (χ0) is 24.2. The molecule has 0 saturated heterocycles. The van der Waals surface area contributed by atoms with Gasteiger partial charge in [0.1, 0.15) is 11.5 Å². The highest BCUT2D eigenvalue weighted by atomic mass is 16.6.